The number of benzene rings is 1. The molecule has 130 valence electrons. The Morgan fingerprint density at radius 2 is 2.00 bits per heavy atom. The molecular formula is C16H15BrClFN6. The fraction of sp³-hybridized carbons (Fsp3) is 0.312. The fourth-order valence-electron chi connectivity index (χ4n) is 3.05. The van der Waals surface area contributed by atoms with E-state index >= 15 is 0 Å². The minimum absolute atomic E-state index is 0.255. The summed E-state index contributed by atoms with van der Waals surface area (Å²) >= 11 is 9.28. The normalized spacial score (nSPS) is 15.9. The van der Waals surface area contributed by atoms with Crippen LogP contribution in [0.4, 0.5) is 10.2 Å². The van der Waals surface area contributed by atoms with Crippen molar-refractivity contribution in [1.29, 1.82) is 0 Å². The number of fused-ring (bicyclic) bond motifs is 1. The van der Waals surface area contributed by atoms with Crippen LogP contribution in [-0.4, -0.2) is 51.2 Å². The molecule has 0 bridgehead atoms. The van der Waals surface area contributed by atoms with Gasteiger partial charge in [-0.15, -0.1) is 0 Å². The number of piperazine rings is 1. The highest BCUT2D eigenvalue weighted by atomic mass is 79.9. The molecule has 1 aliphatic heterocycles. The molecule has 0 spiro atoms. The largest absolute Gasteiger partial charge is 0.353 e. The van der Waals surface area contributed by atoms with E-state index in [9.17, 15) is 4.39 Å². The third kappa shape index (κ3) is 3.33. The van der Waals surface area contributed by atoms with Gasteiger partial charge in [0.1, 0.15) is 22.6 Å². The van der Waals surface area contributed by atoms with Crippen molar-refractivity contribution in [2.75, 3.05) is 31.1 Å². The van der Waals surface area contributed by atoms with Crippen LogP contribution in [0.15, 0.2) is 29.1 Å². The standard InChI is InChI=1S/C16H15BrClFN6/c17-14-13-15(23-22-14)20-9-21-16(13)25-5-3-24(4-6-25)8-10-1-2-11(18)7-12(10)19/h1-2,7,9H,3-6,8H2,(H,20,21,22,23). The number of nitrogens with one attached hydrogen (secondary N) is 1. The number of halogens is 3. The van der Waals surface area contributed by atoms with E-state index in [1.54, 1.807) is 12.1 Å². The van der Waals surface area contributed by atoms with Crippen LogP contribution in [0.3, 0.4) is 0 Å². The van der Waals surface area contributed by atoms with Crippen molar-refractivity contribution >= 4 is 44.4 Å². The summed E-state index contributed by atoms with van der Waals surface area (Å²) in [5.41, 5.74) is 1.31. The Balaban J connectivity index is 1.47. The third-order valence-electron chi connectivity index (χ3n) is 4.37. The molecule has 0 radical (unpaired) electrons. The third-order valence-corrected chi connectivity index (χ3v) is 5.18. The molecule has 0 unspecified atom stereocenters. The number of aromatic nitrogens is 4. The average Bonchev–Trinajstić information content (AvgIpc) is 3.00. The van der Waals surface area contributed by atoms with Crippen LogP contribution in [0.2, 0.25) is 5.02 Å². The maximum absolute atomic E-state index is 14.0. The van der Waals surface area contributed by atoms with Crippen molar-refractivity contribution in [1.82, 2.24) is 25.1 Å². The van der Waals surface area contributed by atoms with Crippen molar-refractivity contribution in [3.63, 3.8) is 0 Å². The Morgan fingerprint density at radius 3 is 2.76 bits per heavy atom. The molecule has 9 heteroatoms. The summed E-state index contributed by atoms with van der Waals surface area (Å²) in [5.74, 6) is 0.609. The summed E-state index contributed by atoms with van der Waals surface area (Å²) in [5, 5.41) is 8.34. The van der Waals surface area contributed by atoms with E-state index < -0.39 is 0 Å². The molecule has 1 fully saturated rings. The summed E-state index contributed by atoms with van der Waals surface area (Å²) in [6.07, 6.45) is 1.53. The Bertz CT molecular complexity index is 909. The van der Waals surface area contributed by atoms with Crippen LogP contribution in [0.1, 0.15) is 5.56 Å². The van der Waals surface area contributed by atoms with E-state index in [0.29, 0.717) is 22.8 Å². The highest BCUT2D eigenvalue weighted by Gasteiger charge is 2.22. The van der Waals surface area contributed by atoms with E-state index in [2.05, 4.69) is 45.9 Å². The van der Waals surface area contributed by atoms with Gasteiger partial charge in [0.15, 0.2) is 5.65 Å². The fourth-order valence-corrected chi connectivity index (χ4v) is 3.66. The van der Waals surface area contributed by atoms with Gasteiger partial charge in [0.2, 0.25) is 0 Å². The molecule has 1 aromatic carbocycles. The van der Waals surface area contributed by atoms with Gasteiger partial charge in [0.25, 0.3) is 0 Å². The van der Waals surface area contributed by atoms with Gasteiger partial charge in [0, 0.05) is 43.3 Å². The Kier molecular flexibility index (Phi) is 4.58. The minimum atomic E-state index is -0.255. The number of hydrogen-bond donors (Lipinski definition) is 1. The molecular weight excluding hydrogens is 411 g/mol. The molecule has 1 N–H and O–H groups in total. The first-order valence-electron chi connectivity index (χ1n) is 7.87. The first-order chi connectivity index (χ1) is 12.1. The summed E-state index contributed by atoms with van der Waals surface area (Å²) in [6, 6.07) is 4.84. The van der Waals surface area contributed by atoms with Crippen LogP contribution in [0.25, 0.3) is 11.0 Å². The monoisotopic (exact) mass is 424 g/mol. The van der Waals surface area contributed by atoms with Gasteiger partial charge in [-0.2, -0.15) is 5.10 Å². The molecule has 0 saturated carbocycles. The first-order valence-corrected chi connectivity index (χ1v) is 9.05. The van der Waals surface area contributed by atoms with Crippen molar-refractivity contribution in [3.8, 4) is 0 Å². The van der Waals surface area contributed by atoms with Crippen molar-refractivity contribution in [2.24, 2.45) is 0 Å². The number of aromatic amines is 1. The van der Waals surface area contributed by atoms with Gasteiger partial charge in [0.05, 0.1) is 5.39 Å². The molecule has 25 heavy (non-hydrogen) atoms. The lowest BCUT2D eigenvalue weighted by Gasteiger charge is -2.35. The predicted molar refractivity (Wildman–Crippen MR) is 98.3 cm³/mol. The number of H-pyrrole nitrogens is 1. The smallest absolute Gasteiger partial charge is 0.187 e. The Hall–Kier alpha value is -1.77. The van der Waals surface area contributed by atoms with Gasteiger partial charge >= 0.3 is 0 Å². The molecule has 3 aromatic rings. The van der Waals surface area contributed by atoms with Crippen LogP contribution in [-0.2, 0) is 6.54 Å². The zero-order valence-electron chi connectivity index (χ0n) is 13.2. The maximum Gasteiger partial charge on any atom is 0.187 e. The Labute approximate surface area is 157 Å². The molecule has 0 aliphatic carbocycles. The highest BCUT2D eigenvalue weighted by Crippen LogP contribution is 2.29. The number of rotatable bonds is 3. The topological polar surface area (TPSA) is 60.9 Å². The van der Waals surface area contributed by atoms with Crippen molar-refractivity contribution in [2.45, 2.75) is 6.54 Å². The molecule has 1 aliphatic rings. The van der Waals surface area contributed by atoms with E-state index in [1.807, 2.05) is 0 Å². The van der Waals surface area contributed by atoms with Gasteiger partial charge in [-0.05, 0) is 28.1 Å². The lowest BCUT2D eigenvalue weighted by molar-refractivity contribution is 0.246. The summed E-state index contributed by atoms with van der Waals surface area (Å²) in [6.45, 7) is 3.83. The van der Waals surface area contributed by atoms with E-state index in [1.165, 1.54) is 12.4 Å². The predicted octanol–water partition coefficient (Wildman–Crippen LogP) is 3.23. The molecule has 4 rings (SSSR count). The van der Waals surface area contributed by atoms with Crippen LogP contribution >= 0.6 is 27.5 Å². The molecule has 0 atom stereocenters. The van der Waals surface area contributed by atoms with Crippen LogP contribution in [0.5, 0.6) is 0 Å². The molecule has 0 amide bonds. The quantitative estimate of drug-likeness (QED) is 0.698. The van der Waals surface area contributed by atoms with E-state index in [-0.39, 0.29) is 5.82 Å². The van der Waals surface area contributed by atoms with E-state index in [4.69, 9.17) is 11.6 Å². The maximum atomic E-state index is 14.0. The molecule has 3 heterocycles. The van der Waals surface area contributed by atoms with Crippen molar-refractivity contribution in [3.05, 3.63) is 45.5 Å². The minimum Gasteiger partial charge on any atom is -0.353 e. The number of anilines is 1. The summed E-state index contributed by atoms with van der Waals surface area (Å²) in [7, 11) is 0. The van der Waals surface area contributed by atoms with Crippen LogP contribution in [0, 0.1) is 5.82 Å². The zero-order valence-corrected chi connectivity index (χ0v) is 15.6. The molecule has 2 aromatic heterocycles. The number of hydrogen-bond acceptors (Lipinski definition) is 5. The highest BCUT2D eigenvalue weighted by molar-refractivity contribution is 9.10. The Morgan fingerprint density at radius 1 is 1.20 bits per heavy atom. The second-order valence-corrected chi connectivity index (χ2v) is 7.16. The number of nitrogens with zero attached hydrogens (tertiary/aromatic N) is 5. The lowest BCUT2D eigenvalue weighted by atomic mass is 10.2. The second-order valence-electron chi connectivity index (χ2n) is 5.93. The average molecular weight is 426 g/mol. The van der Waals surface area contributed by atoms with Crippen LogP contribution < -0.4 is 4.90 Å². The summed E-state index contributed by atoms with van der Waals surface area (Å²) in [4.78, 5) is 13.0. The first kappa shape index (κ1) is 16.7. The van der Waals surface area contributed by atoms with Crippen molar-refractivity contribution < 1.29 is 4.39 Å². The molecule has 1 saturated heterocycles. The van der Waals surface area contributed by atoms with Gasteiger partial charge in [-0.1, -0.05) is 17.7 Å². The molecule has 6 nitrogen and oxygen atoms in total. The lowest BCUT2D eigenvalue weighted by Crippen LogP contribution is -2.46. The summed E-state index contributed by atoms with van der Waals surface area (Å²) < 4.78 is 14.8. The van der Waals surface area contributed by atoms with Gasteiger partial charge in [-0.25, -0.2) is 14.4 Å². The van der Waals surface area contributed by atoms with Gasteiger partial charge in [-0.3, -0.25) is 10.00 Å². The SMILES string of the molecule is Fc1cc(Cl)ccc1CN1CCN(c2ncnc3n[nH]c(Br)c23)CC1. The zero-order chi connectivity index (χ0) is 17.4. The second kappa shape index (κ2) is 6.86. The van der Waals surface area contributed by atoms with E-state index in [0.717, 1.165) is 42.0 Å². The van der Waals surface area contributed by atoms with Gasteiger partial charge < -0.3 is 4.90 Å².